The van der Waals surface area contributed by atoms with Crippen LogP contribution in [0.25, 0.3) is 0 Å². The fraction of sp³-hybridized carbons (Fsp3) is 0.400. The zero-order valence-electron chi connectivity index (χ0n) is 7.38. The van der Waals surface area contributed by atoms with Crippen molar-refractivity contribution in [3.8, 4) is 0 Å². The second-order valence-electron chi connectivity index (χ2n) is 2.69. The van der Waals surface area contributed by atoms with Gasteiger partial charge in [0.05, 0.1) is 6.10 Å². The first kappa shape index (κ1) is 9.75. The van der Waals surface area contributed by atoms with Gasteiger partial charge in [0.2, 0.25) is 0 Å². The van der Waals surface area contributed by atoms with Gasteiger partial charge < -0.3 is 4.74 Å². The van der Waals surface area contributed by atoms with Gasteiger partial charge in [-0.25, -0.2) is 0 Å². The lowest BCUT2D eigenvalue weighted by Crippen LogP contribution is -1.98. The van der Waals surface area contributed by atoms with Gasteiger partial charge in [-0.15, -0.1) is 0 Å². The highest BCUT2D eigenvalue weighted by atomic mass is 79.9. The quantitative estimate of drug-likeness (QED) is 0.770. The molecule has 12 heavy (non-hydrogen) atoms. The zero-order valence-corrected chi connectivity index (χ0v) is 8.97. The number of benzene rings is 1. The molecule has 66 valence electrons. The van der Waals surface area contributed by atoms with Crippen molar-refractivity contribution in [2.75, 3.05) is 7.11 Å². The van der Waals surface area contributed by atoms with Gasteiger partial charge in [-0.05, 0) is 24.1 Å². The molecule has 0 bridgehead atoms. The molecule has 1 aromatic rings. The van der Waals surface area contributed by atoms with Gasteiger partial charge in [0.1, 0.15) is 0 Å². The Balaban J connectivity index is 2.85. The van der Waals surface area contributed by atoms with Crippen molar-refractivity contribution < 1.29 is 4.74 Å². The Bertz CT molecular complexity index is 243. The SMILES string of the molecule is CC[C@@H](OC)c1cccc(Br)c1. The number of halogens is 1. The normalized spacial score (nSPS) is 12.9. The van der Waals surface area contributed by atoms with Gasteiger partial charge in [-0.2, -0.15) is 0 Å². The largest absolute Gasteiger partial charge is 0.377 e. The maximum absolute atomic E-state index is 5.32. The highest BCUT2D eigenvalue weighted by molar-refractivity contribution is 9.10. The molecule has 1 nitrogen and oxygen atoms in total. The van der Waals surface area contributed by atoms with Crippen LogP contribution in [0.3, 0.4) is 0 Å². The van der Waals surface area contributed by atoms with Crippen LogP contribution in [0, 0.1) is 0 Å². The molecular weight excluding hydrogens is 216 g/mol. The molecule has 1 aromatic carbocycles. The monoisotopic (exact) mass is 228 g/mol. The summed E-state index contributed by atoms with van der Waals surface area (Å²) in [5, 5.41) is 0. The molecule has 0 unspecified atom stereocenters. The number of ether oxygens (including phenoxy) is 1. The highest BCUT2D eigenvalue weighted by Crippen LogP contribution is 2.22. The molecule has 0 heterocycles. The zero-order chi connectivity index (χ0) is 8.97. The smallest absolute Gasteiger partial charge is 0.0818 e. The van der Waals surface area contributed by atoms with Crippen molar-refractivity contribution in [1.29, 1.82) is 0 Å². The van der Waals surface area contributed by atoms with E-state index in [1.807, 2.05) is 12.1 Å². The summed E-state index contributed by atoms with van der Waals surface area (Å²) in [4.78, 5) is 0. The second-order valence-corrected chi connectivity index (χ2v) is 3.60. The highest BCUT2D eigenvalue weighted by Gasteiger charge is 2.06. The van der Waals surface area contributed by atoms with Gasteiger partial charge in [-0.1, -0.05) is 35.0 Å². The first-order valence-corrected chi connectivity index (χ1v) is 4.85. The molecule has 0 aromatic heterocycles. The van der Waals surface area contributed by atoms with Crippen molar-refractivity contribution in [3.63, 3.8) is 0 Å². The Kier molecular flexibility index (Phi) is 3.76. The molecule has 1 atom stereocenters. The topological polar surface area (TPSA) is 9.23 Å². The van der Waals surface area contributed by atoms with Crippen LogP contribution in [0.5, 0.6) is 0 Å². The van der Waals surface area contributed by atoms with E-state index in [1.165, 1.54) is 5.56 Å². The Hall–Kier alpha value is -0.340. The predicted octanol–water partition coefficient (Wildman–Crippen LogP) is 3.55. The van der Waals surface area contributed by atoms with E-state index in [-0.39, 0.29) is 6.10 Å². The molecule has 0 N–H and O–H groups in total. The van der Waals surface area contributed by atoms with E-state index in [0.29, 0.717) is 0 Å². The van der Waals surface area contributed by atoms with Gasteiger partial charge in [0, 0.05) is 11.6 Å². The number of hydrogen-bond acceptors (Lipinski definition) is 1. The van der Waals surface area contributed by atoms with Gasteiger partial charge in [0.15, 0.2) is 0 Å². The molecule has 0 saturated carbocycles. The summed E-state index contributed by atoms with van der Waals surface area (Å²) in [5.41, 5.74) is 1.23. The average molecular weight is 229 g/mol. The predicted molar refractivity (Wildman–Crippen MR) is 54.2 cm³/mol. The lowest BCUT2D eigenvalue weighted by Gasteiger charge is -2.13. The van der Waals surface area contributed by atoms with Gasteiger partial charge in [-0.3, -0.25) is 0 Å². The number of methoxy groups -OCH3 is 1. The summed E-state index contributed by atoms with van der Waals surface area (Å²) in [5.74, 6) is 0. The van der Waals surface area contributed by atoms with Gasteiger partial charge in [0.25, 0.3) is 0 Å². The third-order valence-electron chi connectivity index (χ3n) is 1.88. The summed E-state index contributed by atoms with van der Waals surface area (Å²) >= 11 is 3.43. The maximum atomic E-state index is 5.32. The maximum Gasteiger partial charge on any atom is 0.0818 e. The van der Waals surface area contributed by atoms with E-state index in [1.54, 1.807) is 7.11 Å². The van der Waals surface area contributed by atoms with Gasteiger partial charge >= 0.3 is 0 Å². The molecule has 0 spiro atoms. The number of rotatable bonds is 3. The minimum atomic E-state index is 0.225. The fourth-order valence-electron chi connectivity index (χ4n) is 1.25. The van der Waals surface area contributed by atoms with Crippen molar-refractivity contribution in [2.24, 2.45) is 0 Å². The van der Waals surface area contributed by atoms with Crippen LogP contribution in [0.15, 0.2) is 28.7 Å². The summed E-state index contributed by atoms with van der Waals surface area (Å²) in [6.07, 6.45) is 1.23. The molecule has 0 amide bonds. The van der Waals surface area contributed by atoms with Crippen LogP contribution < -0.4 is 0 Å². The molecule has 0 aliphatic carbocycles. The Labute approximate surface area is 81.9 Å². The first-order valence-electron chi connectivity index (χ1n) is 4.06. The van der Waals surface area contributed by atoms with E-state index in [2.05, 4.69) is 35.0 Å². The van der Waals surface area contributed by atoms with Crippen molar-refractivity contribution >= 4 is 15.9 Å². The third-order valence-corrected chi connectivity index (χ3v) is 2.37. The molecule has 1 rings (SSSR count). The average Bonchev–Trinajstić information content (AvgIpc) is 2.07. The molecule has 0 radical (unpaired) electrons. The van der Waals surface area contributed by atoms with Crippen molar-refractivity contribution in [1.82, 2.24) is 0 Å². The lowest BCUT2D eigenvalue weighted by atomic mass is 10.1. The summed E-state index contributed by atoms with van der Waals surface area (Å²) in [6.45, 7) is 2.12. The molecule has 0 saturated heterocycles. The Morgan fingerprint density at radius 2 is 2.25 bits per heavy atom. The Morgan fingerprint density at radius 3 is 2.75 bits per heavy atom. The minimum absolute atomic E-state index is 0.225. The fourth-order valence-corrected chi connectivity index (χ4v) is 1.66. The van der Waals surface area contributed by atoms with Crippen LogP contribution in [-0.2, 0) is 4.74 Å². The van der Waals surface area contributed by atoms with Crippen molar-refractivity contribution in [2.45, 2.75) is 19.4 Å². The first-order chi connectivity index (χ1) is 5.77. The van der Waals surface area contributed by atoms with E-state index in [4.69, 9.17) is 4.74 Å². The number of hydrogen-bond donors (Lipinski definition) is 0. The Morgan fingerprint density at radius 1 is 1.50 bits per heavy atom. The lowest BCUT2D eigenvalue weighted by molar-refractivity contribution is 0.1000. The molecule has 0 fully saturated rings. The summed E-state index contributed by atoms with van der Waals surface area (Å²) in [6, 6.07) is 8.23. The summed E-state index contributed by atoms with van der Waals surface area (Å²) < 4.78 is 6.43. The molecule has 0 aliphatic rings. The molecule has 2 heteroatoms. The summed E-state index contributed by atoms with van der Waals surface area (Å²) in [7, 11) is 1.75. The van der Waals surface area contributed by atoms with E-state index < -0.39 is 0 Å². The van der Waals surface area contributed by atoms with Crippen molar-refractivity contribution in [3.05, 3.63) is 34.3 Å². The van der Waals surface area contributed by atoms with Crippen LogP contribution in [0.1, 0.15) is 25.0 Å². The van der Waals surface area contributed by atoms with E-state index >= 15 is 0 Å². The second kappa shape index (κ2) is 4.63. The third kappa shape index (κ3) is 2.32. The van der Waals surface area contributed by atoms with Crippen LogP contribution in [0.2, 0.25) is 0 Å². The van der Waals surface area contributed by atoms with E-state index in [9.17, 15) is 0 Å². The molecular formula is C10H13BrO. The van der Waals surface area contributed by atoms with Crippen LogP contribution >= 0.6 is 15.9 Å². The minimum Gasteiger partial charge on any atom is -0.377 e. The standard InChI is InChI=1S/C10H13BrO/c1-3-10(12-2)8-5-4-6-9(11)7-8/h4-7,10H,3H2,1-2H3/t10-/m1/s1. The van der Waals surface area contributed by atoms with Crippen LogP contribution in [-0.4, -0.2) is 7.11 Å². The van der Waals surface area contributed by atoms with Crippen LogP contribution in [0.4, 0.5) is 0 Å². The van der Waals surface area contributed by atoms with E-state index in [0.717, 1.165) is 10.9 Å². The molecule has 0 aliphatic heterocycles.